The standard InChI is InChI=1S/C12H13ClN2O3S/c13-8-1-2-9(14-7-8)10(16)15-12(11(17)18)3-5-19-6-4-12/h1-2,7H,3-6H2,(H,15,16)(H,17,18). The summed E-state index contributed by atoms with van der Waals surface area (Å²) in [4.78, 5) is 27.4. The Labute approximate surface area is 119 Å². The maximum absolute atomic E-state index is 12.0. The van der Waals surface area contributed by atoms with Crippen LogP contribution in [0, 0.1) is 0 Å². The number of hydrogen-bond acceptors (Lipinski definition) is 4. The van der Waals surface area contributed by atoms with Crippen molar-refractivity contribution < 1.29 is 14.7 Å². The third-order valence-corrected chi connectivity index (χ3v) is 4.28. The van der Waals surface area contributed by atoms with E-state index in [1.807, 2.05) is 0 Å². The third-order valence-electron chi connectivity index (χ3n) is 3.07. The first-order chi connectivity index (χ1) is 9.03. The van der Waals surface area contributed by atoms with E-state index in [1.165, 1.54) is 12.3 Å². The Morgan fingerprint density at radius 1 is 1.37 bits per heavy atom. The van der Waals surface area contributed by atoms with E-state index in [0.717, 1.165) is 11.5 Å². The van der Waals surface area contributed by atoms with Crippen molar-refractivity contribution in [2.24, 2.45) is 0 Å². The number of nitrogens with one attached hydrogen (secondary N) is 1. The van der Waals surface area contributed by atoms with Gasteiger partial charge in [0.15, 0.2) is 0 Å². The van der Waals surface area contributed by atoms with E-state index in [1.54, 1.807) is 17.8 Å². The first-order valence-electron chi connectivity index (χ1n) is 5.79. The SMILES string of the molecule is O=C(NC1(C(=O)O)CCSCC1)c1ccc(Cl)cn1. The summed E-state index contributed by atoms with van der Waals surface area (Å²) in [7, 11) is 0. The van der Waals surface area contributed by atoms with Gasteiger partial charge in [0.25, 0.3) is 5.91 Å². The van der Waals surface area contributed by atoms with Crippen LogP contribution >= 0.6 is 23.4 Å². The van der Waals surface area contributed by atoms with Crippen molar-refractivity contribution >= 4 is 35.2 Å². The van der Waals surface area contributed by atoms with Crippen LogP contribution in [0.3, 0.4) is 0 Å². The van der Waals surface area contributed by atoms with Gasteiger partial charge in [-0.25, -0.2) is 9.78 Å². The molecule has 1 aliphatic rings. The summed E-state index contributed by atoms with van der Waals surface area (Å²) in [6.45, 7) is 0. The highest BCUT2D eigenvalue weighted by Crippen LogP contribution is 2.27. The Kier molecular flexibility index (Phi) is 4.31. The van der Waals surface area contributed by atoms with Gasteiger partial charge in [-0.1, -0.05) is 11.6 Å². The molecule has 1 aromatic heterocycles. The van der Waals surface area contributed by atoms with Crippen LogP contribution in [0.1, 0.15) is 23.3 Å². The Hall–Kier alpha value is -1.27. The van der Waals surface area contributed by atoms with Crippen molar-refractivity contribution in [3.63, 3.8) is 0 Å². The van der Waals surface area contributed by atoms with Crippen LogP contribution in [0.4, 0.5) is 0 Å². The molecule has 5 nitrogen and oxygen atoms in total. The van der Waals surface area contributed by atoms with Crippen LogP contribution in [0.5, 0.6) is 0 Å². The third kappa shape index (κ3) is 3.19. The van der Waals surface area contributed by atoms with E-state index >= 15 is 0 Å². The molecule has 0 radical (unpaired) electrons. The number of carbonyl (C=O) groups excluding carboxylic acids is 1. The molecule has 1 aromatic rings. The van der Waals surface area contributed by atoms with Crippen molar-refractivity contribution in [2.75, 3.05) is 11.5 Å². The highest BCUT2D eigenvalue weighted by atomic mass is 35.5. The van der Waals surface area contributed by atoms with Gasteiger partial charge in [-0.2, -0.15) is 11.8 Å². The number of aromatic nitrogens is 1. The first-order valence-corrected chi connectivity index (χ1v) is 7.32. The number of carboxylic acids is 1. The van der Waals surface area contributed by atoms with Crippen LogP contribution < -0.4 is 5.32 Å². The lowest BCUT2D eigenvalue weighted by molar-refractivity contribution is -0.144. The molecule has 2 heterocycles. The molecule has 2 rings (SSSR count). The predicted molar refractivity (Wildman–Crippen MR) is 73.6 cm³/mol. The molecule has 0 atom stereocenters. The quantitative estimate of drug-likeness (QED) is 0.890. The molecule has 0 unspecified atom stereocenters. The van der Waals surface area contributed by atoms with E-state index in [0.29, 0.717) is 17.9 Å². The molecule has 2 N–H and O–H groups in total. The number of rotatable bonds is 3. The van der Waals surface area contributed by atoms with Gasteiger partial charge in [-0.05, 0) is 36.5 Å². The van der Waals surface area contributed by atoms with E-state index in [-0.39, 0.29) is 5.69 Å². The molecule has 7 heteroatoms. The summed E-state index contributed by atoms with van der Waals surface area (Å²) in [6, 6.07) is 3.03. The Balaban J connectivity index is 2.15. The molecular weight excluding hydrogens is 288 g/mol. The molecule has 0 aromatic carbocycles. The van der Waals surface area contributed by atoms with Gasteiger partial charge in [-0.3, -0.25) is 4.79 Å². The van der Waals surface area contributed by atoms with E-state index < -0.39 is 17.4 Å². The minimum Gasteiger partial charge on any atom is -0.480 e. The van der Waals surface area contributed by atoms with E-state index in [9.17, 15) is 14.7 Å². The molecule has 19 heavy (non-hydrogen) atoms. The van der Waals surface area contributed by atoms with Crippen molar-refractivity contribution in [3.8, 4) is 0 Å². The maximum Gasteiger partial charge on any atom is 0.329 e. The van der Waals surface area contributed by atoms with Crippen LogP contribution in [0.2, 0.25) is 5.02 Å². The number of carbonyl (C=O) groups is 2. The molecule has 1 amide bonds. The van der Waals surface area contributed by atoms with Crippen LogP contribution in [-0.2, 0) is 4.79 Å². The molecule has 102 valence electrons. The fraction of sp³-hybridized carbons (Fsp3) is 0.417. The van der Waals surface area contributed by atoms with E-state index in [4.69, 9.17) is 11.6 Å². The minimum absolute atomic E-state index is 0.170. The lowest BCUT2D eigenvalue weighted by Gasteiger charge is -2.33. The van der Waals surface area contributed by atoms with Gasteiger partial charge < -0.3 is 10.4 Å². The number of carboxylic acid groups (broad SMARTS) is 1. The highest BCUT2D eigenvalue weighted by Gasteiger charge is 2.41. The Bertz CT molecular complexity index is 486. The number of thioether (sulfide) groups is 1. The lowest BCUT2D eigenvalue weighted by atomic mass is 9.92. The fourth-order valence-electron chi connectivity index (χ4n) is 1.90. The monoisotopic (exact) mass is 300 g/mol. The zero-order valence-electron chi connectivity index (χ0n) is 10.1. The Morgan fingerprint density at radius 3 is 2.58 bits per heavy atom. The highest BCUT2D eigenvalue weighted by molar-refractivity contribution is 7.99. The normalized spacial score (nSPS) is 17.7. The number of aliphatic carboxylic acids is 1. The topological polar surface area (TPSA) is 79.3 Å². The summed E-state index contributed by atoms with van der Waals surface area (Å²) in [5.74, 6) is -0.0255. The van der Waals surface area contributed by atoms with Crippen LogP contribution in [-0.4, -0.2) is 39.0 Å². The second kappa shape index (κ2) is 5.79. The van der Waals surface area contributed by atoms with Gasteiger partial charge >= 0.3 is 5.97 Å². The predicted octanol–water partition coefficient (Wildman–Crippen LogP) is 1.82. The number of halogens is 1. The minimum atomic E-state index is -1.18. The van der Waals surface area contributed by atoms with Crippen molar-refractivity contribution in [1.29, 1.82) is 0 Å². The lowest BCUT2D eigenvalue weighted by Crippen LogP contribution is -2.56. The van der Waals surface area contributed by atoms with Gasteiger partial charge in [0, 0.05) is 6.20 Å². The largest absolute Gasteiger partial charge is 0.480 e. The molecule has 0 spiro atoms. The number of amides is 1. The average Bonchev–Trinajstić information content (AvgIpc) is 2.40. The maximum atomic E-state index is 12.0. The number of hydrogen-bond donors (Lipinski definition) is 2. The summed E-state index contributed by atoms with van der Waals surface area (Å²) in [5, 5.41) is 12.4. The number of nitrogens with zero attached hydrogens (tertiary/aromatic N) is 1. The summed E-state index contributed by atoms with van der Waals surface area (Å²) in [6.07, 6.45) is 2.21. The smallest absolute Gasteiger partial charge is 0.329 e. The van der Waals surface area contributed by atoms with Crippen LogP contribution in [0.15, 0.2) is 18.3 Å². The second-order valence-electron chi connectivity index (χ2n) is 4.32. The molecule has 0 bridgehead atoms. The van der Waals surface area contributed by atoms with Crippen molar-refractivity contribution in [2.45, 2.75) is 18.4 Å². The van der Waals surface area contributed by atoms with Crippen molar-refractivity contribution in [1.82, 2.24) is 10.3 Å². The Morgan fingerprint density at radius 2 is 2.05 bits per heavy atom. The van der Waals surface area contributed by atoms with Gasteiger partial charge in [0.1, 0.15) is 11.2 Å². The summed E-state index contributed by atoms with van der Waals surface area (Å²) < 4.78 is 0. The zero-order chi connectivity index (χ0) is 13.9. The van der Waals surface area contributed by atoms with Crippen LogP contribution in [0.25, 0.3) is 0 Å². The fourth-order valence-corrected chi connectivity index (χ4v) is 3.21. The average molecular weight is 301 g/mol. The van der Waals surface area contributed by atoms with E-state index in [2.05, 4.69) is 10.3 Å². The van der Waals surface area contributed by atoms with Gasteiger partial charge in [0.05, 0.1) is 5.02 Å². The molecule has 1 saturated heterocycles. The molecule has 0 aliphatic carbocycles. The van der Waals surface area contributed by atoms with Gasteiger partial charge in [0.2, 0.25) is 0 Å². The molecule has 0 saturated carbocycles. The van der Waals surface area contributed by atoms with Crippen molar-refractivity contribution in [3.05, 3.63) is 29.0 Å². The summed E-state index contributed by atoms with van der Waals surface area (Å²) in [5.41, 5.74) is -1.01. The molecular formula is C12H13ClN2O3S. The first kappa shape index (κ1) is 14.1. The number of pyridine rings is 1. The zero-order valence-corrected chi connectivity index (χ0v) is 11.6. The van der Waals surface area contributed by atoms with Gasteiger partial charge in [-0.15, -0.1) is 0 Å². The molecule has 1 aliphatic heterocycles. The second-order valence-corrected chi connectivity index (χ2v) is 5.98. The molecule has 1 fully saturated rings. The summed E-state index contributed by atoms with van der Waals surface area (Å²) >= 11 is 7.39.